The maximum absolute atomic E-state index is 12.3. The number of hydrogen-bond acceptors (Lipinski definition) is 9. The number of amides is 1. The van der Waals surface area contributed by atoms with E-state index in [4.69, 9.17) is 26.9 Å². The summed E-state index contributed by atoms with van der Waals surface area (Å²) in [4.78, 5) is 12.3. The van der Waals surface area contributed by atoms with Crippen LogP contribution in [0, 0.1) is 0 Å². The fourth-order valence-electron chi connectivity index (χ4n) is 2.44. The van der Waals surface area contributed by atoms with E-state index in [1.54, 1.807) is 43.7 Å². The van der Waals surface area contributed by atoms with Crippen LogP contribution in [0.1, 0.15) is 5.56 Å². The van der Waals surface area contributed by atoms with Gasteiger partial charge in [-0.2, -0.15) is 5.10 Å². The van der Waals surface area contributed by atoms with Crippen LogP contribution in [0.3, 0.4) is 0 Å². The maximum Gasteiger partial charge on any atom is 0.264 e. The molecule has 10 nitrogen and oxygen atoms in total. The first-order valence-electron chi connectivity index (χ1n) is 8.90. The minimum atomic E-state index is -0.242. The number of nitrogens with zero attached hydrogens (tertiary/aromatic N) is 4. The van der Waals surface area contributed by atoms with Gasteiger partial charge in [-0.1, -0.05) is 35.5 Å². The summed E-state index contributed by atoms with van der Waals surface area (Å²) in [7, 11) is 3.07. The van der Waals surface area contributed by atoms with E-state index >= 15 is 0 Å². The first-order chi connectivity index (χ1) is 15.0. The van der Waals surface area contributed by atoms with Crippen LogP contribution < -0.4 is 26.1 Å². The maximum atomic E-state index is 12.3. The number of methoxy groups -OCH3 is 2. The molecular weight excluding hydrogens is 442 g/mol. The molecule has 0 radical (unpaired) electrons. The lowest BCUT2D eigenvalue weighted by Gasteiger charge is -2.10. The average Bonchev–Trinajstić information content (AvgIpc) is 3.11. The molecule has 2 aromatic carbocycles. The number of ether oxygens (including phenoxy) is 2. The van der Waals surface area contributed by atoms with Crippen LogP contribution in [0.2, 0.25) is 5.02 Å². The van der Waals surface area contributed by atoms with E-state index in [1.807, 2.05) is 12.1 Å². The molecule has 0 saturated heterocycles. The molecule has 1 aromatic heterocycles. The zero-order chi connectivity index (χ0) is 22.2. The third-order valence-electron chi connectivity index (χ3n) is 3.89. The number of anilines is 2. The van der Waals surface area contributed by atoms with E-state index in [0.717, 1.165) is 17.3 Å². The van der Waals surface area contributed by atoms with Gasteiger partial charge in [0.25, 0.3) is 5.95 Å². The van der Waals surface area contributed by atoms with Crippen LogP contribution in [-0.4, -0.2) is 47.0 Å². The van der Waals surface area contributed by atoms with Crippen molar-refractivity contribution in [3.05, 3.63) is 53.1 Å². The number of carbonyl (C=O) groups excluding carboxylic acids is 1. The van der Waals surface area contributed by atoms with Crippen molar-refractivity contribution in [1.29, 1.82) is 0 Å². The van der Waals surface area contributed by atoms with Crippen molar-refractivity contribution in [3.8, 4) is 11.5 Å². The minimum Gasteiger partial charge on any atom is -0.493 e. The number of hydrazone groups is 1. The molecule has 31 heavy (non-hydrogen) atoms. The highest BCUT2D eigenvalue weighted by Gasteiger charge is 2.13. The predicted octanol–water partition coefficient (Wildman–Crippen LogP) is 2.84. The van der Waals surface area contributed by atoms with Gasteiger partial charge in [-0.05, 0) is 29.8 Å². The average molecular weight is 462 g/mol. The molecule has 4 N–H and O–H groups in total. The van der Waals surface area contributed by atoms with Gasteiger partial charge in [0.05, 0.1) is 26.2 Å². The van der Waals surface area contributed by atoms with Crippen molar-refractivity contribution in [2.75, 3.05) is 36.6 Å². The van der Waals surface area contributed by atoms with Gasteiger partial charge in [-0.3, -0.25) is 4.79 Å². The van der Waals surface area contributed by atoms with Crippen LogP contribution in [-0.2, 0) is 4.79 Å². The predicted molar refractivity (Wildman–Crippen MR) is 122 cm³/mol. The molecule has 1 heterocycles. The summed E-state index contributed by atoms with van der Waals surface area (Å²) in [6.45, 7) is 0. The van der Waals surface area contributed by atoms with Gasteiger partial charge in [0.15, 0.2) is 11.5 Å². The van der Waals surface area contributed by atoms with Gasteiger partial charge in [0.1, 0.15) is 0 Å². The third-order valence-corrected chi connectivity index (χ3v) is 5.07. The summed E-state index contributed by atoms with van der Waals surface area (Å²) in [6, 6.07) is 12.3. The Kier molecular flexibility index (Phi) is 7.57. The number of halogens is 1. The number of carbonyl (C=O) groups is 1. The summed E-state index contributed by atoms with van der Waals surface area (Å²) in [5.41, 5.74) is 4.09. The number of nitrogens with two attached hydrogens (primary N) is 1. The number of benzene rings is 2. The van der Waals surface area contributed by atoms with Crippen LogP contribution in [0.15, 0.2) is 52.7 Å². The number of rotatable bonds is 9. The second-order valence-corrected chi connectivity index (χ2v) is 7.39. The molecule has 162 valence electrons. The van der Waals surface area contributed by atoms with Crippen molar-refractivity contribution in [2.45, 2.75) is 5.16 Å². The van der Waals surface area contributed by atoms with Crippen molar-refractivity contribution in [3.63, 3.8) is 0 Å². The second-order valence-electron chi connectivity index (χ2n) is 6.01. The lowest BCUT2D eigenvalue weighted by atomic mass is 10.2. The normalized spacial score (nSPS) is 10.8. The third kappa shape index (κ3) is 6.03. The molecule has 0 bridgehead atoms. The highest BCUT2D eigenvalue weighted by molar-refractivity contribution is 7.99. The topological polar surface area (TPSA) is 129 Å². The molecule has 0 saturated carbocycles. The van der Waals surface area contributed by atoms with E-state index < -0.39 is 0 Å². The van der Waals surface area contributed by atoms with Gasteiger partial charge in [0.2, 0.25) is 11.1 Å². The van der Waals surface area contributed by atoms with Crippen molar-refractivity contribution < 1.29 is 14.3 Å². The molecule has 0 aliphatic rings. The largest absolute Gasteiger partial charge is 0.493 e. The van der Waals surface area contributed by atoms with E-state index in [9.17, 15) is 4.79 Å². The van der Waals surface area contributed by atoms with Gasteiger partial charge in [-0.25, -0.2) is 10.1 Å². The highest BCUT2D eigenvalue weighted by atomic mass is 35.5. The van der Waals surface area contributed by atoms with Crippen LogP contribution in [0.4, 0.5) is 11.6 Å². The Labute approximate surface area is 187 Å². The molecule has 0 aliphatic carbocycles. The molecule has 0 aliphatic heterocycles. The summed E-state index contributed by atoms with van der Waals surface area (Å²) in [5.74, 6) is 7.12. The molecule has 12 heteroatoms. The summed E-state index contributed by atoms with van der Waals surface area (Å²) < 4.78 is 11.6. The number of nitrogens with one attached hydrogen (secondary N) is 2. The Morgan fingerprint density at radius 2 is 2.03 bits per heavy atom. The van der Waals surface area contributed by atoms with Gasteiger partial charge in [0, 0.05) is 16.8 Å². The van der Waals surface area contributed by atoms with E-state index in [-0.39, 0.29) is 17.6 Å². The quantitative estimate of drug-likeness (QED) is 0.192. The number of thioether (sulfide) groups is 1. The summed E-state index contributed by atoms with van der Waals surface area (Å²) in [6.07, 6.45) is 1.57. The molecular formula is C19H20ClN7O3S. The van der Waals surface area contributed by atoms with Crippen molar-refractivity contribution >= 4 is 47.1 Å². The Hall–Kier alpha value is -3.44. The smallest absolute Gasteiger partial charge is 0.264 e. The molecule has 0 atom stereocenters. The molecule has 0 unspecified atom stereocenters. The lowest BCUT2D eigenvalue weighted by Crippen LogP contribution is -2.17. The molecule has 3 rings (SSSR count). The summed E-state index contributed by atoms with van der Waals surface area (Å²) >= 11 is 7.07. The summed E-state index contributed by atoms with van der Waals surface area (Å²) in [5, 5.41) is 15.7. The number of aromatic nitrogens is 3. The SMILES string of the molecule is COc1ccc(NC(=O)CSc2nnc(N/N=C/c3cccc(Cl)c3)n2N)cc1OC. The van der Waals surface area contributed by atoms with E-state index in [1.165, 1.54) is 11.8 Å². The molecule has 0 spiro atoms. The second kappa shape index (κ2) is 10.5. The monoisotopic (exact) mass is 461 g/mol. The lowest BCUT2D eigenvalue weighted by molar-refractivity contribution is -0.113. The highest BCUT2D eigenvalue weighted by Crippen LogP contribution is 2.29. The van der Waals surface area contributed by atoms with Gasteiger partial charge >= 0.3 is 0 Å². The number of nitrogen functional groups attached to an aromatic ring is 1. The van der Waals surface area contributed by atoms with Crippen molar-refractivity contribution in [2.24, 2.45) is 5.10 Å². The van der Waals surface area contributed by atoms with Crippen LogP contribution >= 0.6 is 23.4 Å². The first-order valence-corrected chi connectivity index (χ1v) is 10.3. The van der Waals surface area contributed by atoms with Crippen LogP contribution in [0.25, 0.3) is 0 Å². The number of hydrogen-bond donors (Lipinski definition) is 3. The fourth-order valence-corrected chi connectivity index (χ4v) is 3.30. The van der Waals surface area contributed by atoms with E-state index in [0.29, 0.717) is 27.4 Å². The molecule has 3 aromatic rings. The minimum absolute atomic E-state index is 0.0788. The van der Waals surface area contributed by atoms with Crippen molar-refractivity contribution in [1.82, 2.24) is 14.9 Å². The van der Waals surface area contributed by atoms with Crippen LogP contribution in [0.5, 0.6) is 11.5 Å². The standard InChI is InChI=1S/C19H20ClN7O3S/c1-29-15-7-6-14(9-16(15)30-2)23-17(28)11-31-19-26-25-18(27(19)21)24-22-10-12-4-3-5-13(20)8-12/h3-10H,11,21H2,1-2H3,(H,23,28)(H,24,25)/b22-10+. The Balaban J connectivity index is 1.54. The zero-order valence-electron chi connectivity index (χ0n) is 16.7. The van der Waals surface area contributed by atoms with Gasteiger partial charge in [-0.15, -0.1) is 10.2 Å². The van der Waals surface area contributed by atoms with E-state index in [2.05, 4.69) is 26.0 Å². The Morgan fingerprint density at radius 3 is 2.77 bits per heavy atom. The molecule has 0 fully saturated rings. The first kappa shape index (κ1) is 22.2. The molecule has 1 amide bonds. The zero-order valence-corrected chi connectivity index (χ0v) is 18.3. The Bertz CT molecular complexity index is 1090. The fraction of sp³-hybridized carbons (Fsp3) is 0.158. The van der Waals surface area contributed by atoms with Gasteiger partial charge < -0.3 is 20.6 Å². The Morgan fingerprint density at radius 1 is 1.23 bits per heavy atom.